The van der Waals surface area contributed by atoms with Gasteiger partial charge in [0.15, 0.2) is 0 Å². The highest BCUT2D eigenvalue weighted by Gasteiger charge is 2.18. The van der Waals surface area contributed by atoms with Crippen LogP contribution >= 0.6 is 0 Å². The number of aromatic nitrogens is 1. The number of rotatable bonds is 4. The molecule has 0 radical (unpaired) electrons. The van der Waals surface area contributed by atoms with Crippen LogP contribution in [0.25, 0.3) is 82.5 Å². The maximum atomic E-state index is 6.32. The number of hydrogen-bond donors (Lipinski definition) is 0. The van der Waals surface area contributed by atoms with Gasteiger partial charge in [0.25, 0.3) is 0 Å². The smallest absolute Gasteiger partial charge is 0.135 e. The molecule has 0 fully saturated rings. The third-order valence-electron chi connectivity index (χ3n) is 10.1. The summed E-state index contributed by atoms with van der Waals surface area (Å²) in [7, 11) is 0. The van der Waals surface area contributed by atoms with Crippen LogP contribution in [0.5, 0.6) is 0 Å². The van der Waals surface area contributed by atoms with Gasteiger partial charge in [0.1, 0.15) is 11.2 Å². The van der Waals surface area contributed by atoms with Crippen molar-refractivity contribution >= 4 is 54.5 Å². The summed E-state index contributed by atoms with van der Waals surface area (Å²) in [6, 6.07) is 53.1. The van der Waals surface area contributed by atoms with E-state index in [0.717, 1.165) is 23.0 Å². The van der Waals surface area contributed by atoms with E-state index in [1.54, 1.807) is 0 Å². The average Bonchev–Trinajstić information content (AvgIpc) is 3.69. The standard InChI is InChI=1S/C46H31NO/c1-3-10-30(11-4-1)33-18-22-43-38(26-33)39-27-35(19-23-44(39)47(43)42-17-9-15-32-14-7-8-16-37(32)42)36-21-25-46-41(29-36)40-28-34(20-24-45(40)48-46)31-12-5-2-6-13-31/h1-12,14-29,31H,13H2. The minimum absolute atomic E-state index is 0.398. The molecule has 9 aromatic rings. The van der Waals surface area contributed by atoms with E-state index in [1.165, 1.54) is 71.5 Å². The Labute approximate surface area is 278 Å². The Hall–Kier alpha value is -6.12. The van der Waals surface area contributed by atoms with Crippen molar-refractivity contribution in [3.63, 3.8) is 0 Å². The van der Waals surface area contributed by atoms with Crippen molar-refractivity contribution in [2.45, 2.75) is 12.3 Å². The van der Waals surface area contributed by atoms with Crippen molar-refractivity contribution in [3.8, 4) is 27.9 Å². The van der Waals surface area contributed by atoms with Crippen molar-refractivity contribution in [1.82, 2.24) is 4.57 Å². The maximum absolute atomic E-state index is 6.32. The van der Waals surface area contributed by atoms with Gasteiger partial charge in [-0.3, -0.25) is 0 Å². The Morgan fingerprint density at radius 1 is 0.479 bits per heavy atom. The second kappa shape index (κ2) is 10.7. The van der Waals surface area contributed by atoms with Gasteiger partial charge in [-0.2, -0.15) is 0 Å². The van der Waals surface area contributed by atoms with E-state index < -0.39 is 0 Å². The van der Waals surface area contributed by atoms with E-state index in [2.05, 4.69) is 174 Å². The van der Waals surface area contributed by atoms with Crippen molar-refractivity contribution in [1.29, 1.82) is 0 Å². The largest absolute Gasteiger partial charge is 0.456 e. The van der Waals surface area contributed by atoms with E-state index >= 15 is 0 Å². The van der Waals surface area contributed by atoms with Gasteiger partial charge in [0, 0.05) is 32.8 Å². The third kappa shape index (κ3) is 4.27. The van der Waals surface area contributed by atoms with Crippen LogP contribution in [0.1, 0.15) is 17.9 Å². The molecule has 0 aliphatic heterocycles. The Balaban J connectivity index is 1.18. The van der Waals surface area contributed by atoms with E-state index in [0.29, 0.717) is 5.92 Å². The van der Waals surface area contributed by atoms with Crippen LogP contribution in [-0.4, -0.2) is 4.57 Å². The third-order valence-corrected chi connectivity index (χ3v) is 10.1. The Morgan fingerprint density at radius 3 is 1.90 bits per heavy atom. The minimum Gasteiger partial charge on any atom is -0.456 e. The summed E-state index contributed by atoms with van der Waals surface area (Å²) in [5.41, 5.74) is 11.6. The van der Waals surface area contributed by atoms with Crippen LogP contribution in [0.4, 0.5) is 0 Å². The topological polar surface area (TPSA) is 18.1 Å². The van der Waals surface area contributed by atoms with Gasteiger partial charge in [-0.25, -0.2) is 0 Å². The minimum atomic E-state index is 0.398. The summed E-state index contributed by atoms with van der Waals surface area (Å²) in [4.78, 5) is 0. The van der Waals surface area contributed by atoms with Gasteiger partial charge in [-0.05, 0) is 94.2 Å². The lowest BCUT2D eigenvalue weighted by atomic mass is 9.91. The molecule has 7 aromatic carbocycles. The highest BCUT2D eigenvalue weighted by atomic mass is 16.3. The van der Waals surface area contributed by atoms with Crippen LogP contribution in [0.2, 0.25) is 0 Å². The number of hydrogen-bond acceptors (Lipinski definition) is 1. The van der Waals surface area contributed by atoms with Gasteiger partial charge in [0.2, 0.25) is 0 Å². The van der Waals surface area contributed by atoms with Crippen molar-refractivity contribution in [2.75, 3.05) is 0 Å². The SMILES string of the molecule is C1=CCC(c2ccc3oc4ccc(-c5ccc6c(c5)c5cc(-c7ccccc7)ccc5n6-c5cccc6ccccc56)cc4c3c2)C=C1. The molecule has 226 valence electrons. The lowest BCUT2D eigenvalue weighted by Gasteiger charge is -2.13. The Morgan fingerprint density at radius 2 is 1.12 bits per heavy atom. The average molecular weight is 614 g/mol. The molecule has 0 bridgehead atoms. The first-order chi connectivity index (χ1) is 23.8. The van der Waals surface area contributed by atoms with Crippen molar-refractivity contribution in [3.05, 3.63) is 175 Å². The fourth-order valence-electron chi connectivity index (χ4n) is 7.71. The molecule has 0 N–H and O–H groups in total. The summed E-state index contributed by atoms with van der Waals surface area (Å²) in [6.07, 6.45) is 9.85. The van der Waals surface area contributed by atoms with E-state index in [9.17, 15) is 0 Å². The van der Waals surface area contributed by atoms with Crippen molar-refractivity contribution in [2.24, 2.45) is 0 Å². The molecular weight excluding hydrogens is 583 g/mol. The predicted molar refractivity (Wildman–Crippen MR) is 202 cm³/mol. The Kier molecular flexibility index (Phi) is 6.04. The van der Waals surface area contributed by atoms with Gasteiger partial charge in [-0.15, -0.1) is 0 Å². The Bertz CT molecular complexity index is 2750. The number of furan rings is 1. The summed E-state index contributed by atoms with van der Waals surface area (Å²) in [5, 5.41) is 7.30. The summed E-state index contributed by atoms with van der Waals surface area (Å²) >= 11 is 0. The second-order valence-corrected chi connectivity index (χ2v) is 12.9. The normalized spacial score (nSPS) is 14.6. The first kappa shape index (κ1) is 27.0. The quantitative estimate of drug-likeness (QED) is 0.193. The van der Waals surface area contributed by atoms with E-state index in [-0.39, 0.29) is 0 Å². The predicted octanol–water partition coefficient (Wildman–Crippen LogP) is 12.8. The fourth-order valence-corrected chi connectivity index (χ4v) is 7.71. The number of allylic oxidation sites excluding steroid dienone is 4. The monoisotopic (exact) mass is 613 g/mol. The van der Waals surface area contributed by atoms with Gasteiger partial charge < -0.3 is 8.98 Å². The molecule has 1 unspecified atom stereocenters. The maximum Gasteiger partial charge on any atom is 0.135 e. The molecule has 0 saturated carbocycles. The molecular formula is C46H31NO. The molecule has 0 saturated heterocycles. The number of fused-ring (bicyclic) bond motifs is 7. The summed E-state index contributed by atoms with van der Waals surface area (Å²) < 4.78 is 8.76. The molecule has 0 amide bonds. The van der Waals surface area contributed by atoms with E-state index in [1.807, 2.05) is 0 Å². The zero-order valence-electron chi connectivity index (χ0n) is 26.3. The molecule has 1 aliphatic rings. The molecule has 2 aromatic heterocycles. The molecule has 0 spiro atoms. The summed E-state index contributed by atoms with van der Waals surface area (Å²) in [6.45, 7) is 0. The fraction of sp³-hybridized carbons (Fsp3) is 0.0435. The second-order valence-electron chi connectivity index (χ2n) is 12.9. The first-order valence-electron chi connectivity index (χ1n) is 16.7. The lowest BCUT2D eigenvalue weighted by Crippen LogP contribution is -1.95. The zero-order valence-corrected chi connectivity index (χ0v) is 26.3. The molecule has 2 heterocycles. The van der Waals surface area contributed by atoms with Crippen LogP contribution < -0.4 is 0 Å². The molecule has 10 rings (SSSR count). The highest BCUT2D eigenvalue weighted by Crippen LogP contribution is 2.40. The van der Waals surface area contributed by atoms with Crippen LogP contribution in [0.15, 0.2) is 174 Å². The van der Waals surface area contributed by atoms with Crippen molar-refractivity contribution < 1.29 is 4.42 Å². The molecule has 2 heteroatoms. The lowest BCUT2D eigenvalue weighted by molar-refractivity contribution is 0.668. The number of benzene rings is 7. The van der Waals surface area contributed by atoms with Gasteiger partial charge in [-0.1, -0.05) is 115 Å². The van der Waals surface area contributed by atoms with Gasteiger partial charge in [0.05, 0.1) is 16.7 Å². The van der Waals surface area contributed by atoms with Crippen LogP contribution in [0.3, 0.4) is 0 Å². The van der Waals surface area contributed by atoms with Gasteiger partial charge >= 0.3 is 0 Å². The molecule has 1 atom stereocenters. The first-order valence-corrected chi connectivity index (χ1v) is 16.7. The molecule has 48 heavy (non-hydrogen) atoms. The highest BCUT2D eigenvalue weighted by molar-refractivity contribution is 6.13. The van der Waals surface area contributed by atoms with Crippen LogP contribution in [0, 0.1) is 0 Å². The number of nitrogens with zero attached hydrogens (tertiary/aromatic N) is 1. The van der Waals surface area contributed by atoms with Crippen LogP contribution in [-0.2, 0) is 0 Å². The summed E-state index contributed by atoms with van der Waals surface area (Å²) in [5.74, 6) is 0.398. The molecule has 1 aliphatic carbocycles. The molecule has 2 nitrogen and oxygen atoms in total. The zero-order chi connectivity index (χ0) is 31.6. The van der Waals surface area contributed by atoms with E-state index in [4.69, 9.17) is 4.42 Å².